The summed E-state index contributed by atoms with van der Waals surface area (Å²) in [5, 5.41) is 2.83. The number of para-hydroxylation sites is 1. The number of anilines is 1. The van der Waals surface area contributed by atoms with E-state index in [0.29, 0.717) is 11.4 Å². The minimum Gasteiger partial charge on any atom is -0.483 e. The van der Waals surface area contributed by atoms with Crippen LogP contribution in [0, 0.1) is 0 Å². The predicted octanol–water partition coefficient (Wildman–Crippen LogP) is 3.19. The Hall–Kier alpha value is -3.02. The first kappa shape index (κ1) is 18.8. The van der Waals surface area contributed by atoms with Gasteiger partial charge in [-0.15, -0.1) is 0 Å². The van der Waals surface area contributed by atoms with Crippen molar-refractivity contribution in [2.45, 2.75) is 26.2 Å². The maximum Gasteiger partial charge on any atom is 0.328 e. The third-order valence-electron chi connectivity index (χ3n) is 4.61. The summed E-state index contributed by atoms with van der Waals surface area (Å²) in [7, 11) is 3.44. The molecular formula is C21H25N3O3. The van der Waals surface area contributed by atoms with Crippen LogP contribution in [-0.2, 0) is 24.3 Å². The highest BCUT2D eigenvalue weighted by atomic mass is 16.5. The number of ether oxygens (including phenoxy) is 1. The van der Waals surface area contributed by atoms with Crippen LogP contribution in [0.2, 0.25) is 0 Å². The number of rotatable bonds is 4. The van der Waals surface area contributed by atoms with Crippen LogP contribution < -0.4 is 15.7 Å². The molecular weight excluding hydrogens is 342 g/mol. The largest absolute Gasteiger partial charge is 0.483 e. The molecule has 0 spiro atoms. The van der Waals surface area contributed by atoms with Gasteiger partial charge in [0.15, 0.2) is 6.61 Å². The number of fused-ring (bicyclic) bond motifs is 1. The molecule has 1 N–H and O–H groups in total. The normalized spacial score (nSPS) is 11.6. The van der Waals surface area contributed by atoms with E-state index in [4.69, 9.17) is 4.74 Å². The van der Waals surface area contributed by atoms with E-state index < -0.39 is 0 Å². The molecule has 0 aliphatic heterocycles. The van der Waals surface area contributed by atoms with E-state index in [2.05, 4.69) is 26.1 Å². The number of amides is 1. The van der Waals surface area contributed by atoms with Gasteiger partial charge in [0, 0.05) is 19.8 Å². The van der Waals surface area contributed by atoms with Crippen LogP contribution in [-0.4, -0.2) is 21.6 Å². The zero-order valence-corrected chi connectivity index (χ0v) is 16.4. The Labute approximate surface area is 158 Å². The SMILES string of the molecule is Cn1c(=O)n(C)c2cc(NC(=O)COc3ccccc3C(C)(C)C)ccc21. The van der Waals surface area contributed by atoms with Crippen molar-refractivity contribution in [1.29, 1.82) is 0 Å². The van der Waals surface area contributed by atoms with Crippen LogP contribution in [0.25, 0.3) is 11.0 Å². The summed E-state index contributed by atoms with van der Waals surface area (Å²) in [6.07, 6.45) is 0. The quantitative estimate of drug-likeness (QED) is 0.770. The van der Waals surface area contributed by atoms with E-state index in [1.165, 1.54) is 0 Å². The van der Waals surface area contributed by atoms with Gasteiger partial charge in [0.25, 0.3) is 5.91 Å². The van der Waals surface area contributed by atoms with Gasteiger partial charge < -0.3 is 10.1 Å². The third-order valence-corrected chi connectivity index (χ3v) is 4.61. The first-order valence-corrected chi connectivity index (χ1v) is 8.86. The molecule has 0 saturated carbocycles. The maximum atomic E-state index is 12.3. The second kappa shape index (κ2) is 6.95. The number of benzene rings is 2. The topological polar surface area (TPSA) is 65.3 Å². The van der Waals surface area contributed by atoms with Gasteiger partial charge in [-0.25, -0.2) is 4.79 Å². The highest BCUT2D eigenvalue weighted by molar-refractivity contribution is 5.94. The van der Waals surface area contributed by atoms with E-state index in [1.807, 2.05) is 30.3 Å². The third kappa shape index (κ3) is 3.74. The molecule has 0 radical (unpaired) electrons. The lowest BCUT2D eigenvalue weighted by Crippen LogP contribution is -2.22. The molecule has 0 fully saturated rings. The van der Waals surface area contributed by atoms with Crippen molar-refractivity contribution in [2.75, 3.05) is 11.9 Å². The smallest absolute Gasteiger partial charge is 0.328 e. The van der Waals surface area contributed by atoms with E-state index >= 15 is 0 Å². The Bertz CT molecular complexity index is 1050. The average Bonchev–Trinajstić information content (AvgIpc) is 2.83. The summed E-state index contributed by atoms with van der Waals surface area (Å²) in [4.78, 5) is 24.3. The monoisotopic (exact) mass is 367 g/mol. The number of carbonyl (C=O) groups is 1. The summed E-state index contributed by atoms with van der Waals surface area (Å²) >= 11 is 0. The minimum absolute atomic E-state index is 0.0732. The molecule has 6 nitrogen and oxygen atoms in total. The van der Waals surface area contributed by atoms with Crippen LogP contribution in [0.15, 0.2) is 47.3 Å². The lowest BCUT2D eigenvalue weighted by Gasteiger charge is -2.22. The van der Waals surface area contributed by atoms with Crippen molar-refractivity contribution in [3.8, 4) is 5.75 Å². The molecule has 0 atom stereocenters. The number of nitrogens with one attached hydrogen (secondary N) is 1. The molecule has 2 aromatic carbocycles. The Morgan fingerprint density at radius 2 is 1.70 bits per heavy atom. The molecule has 1 aromatic heterocycles. The predicted molar refractivity (Wildman–Crippen MR) is 107 cm³/mol. The number of carbonyl (C=O) groups excluding carboxylic acids is 1. The number of nitrogens with zero attached hydrogens (tertiary/aromatic N) is 2. The van der Waals surface area contributed by atoms with Crippen molar-refractivity contribution in [1.82, 2.24) is 9.13 Å². The van der Waals surface area contributed by atoms with Crippen LogP contribution in [0.3, 0.4) is 0 Å². The second-order valence-corrected chi connectivity index (χ2v) is 7.69. The van der Waals surface area contributed by atoms with Gasteiger partial charge in [-0.3, -0.25) is 13.9 Å². The van der Waals surface area contributed by atoms with Gasteiger partial charge in [-0.1, -0.05) is 39.0 Å². The Balaban J connectivity index is 1.73. The van der Waals surface area contributed by atoms with Gasteiger partial charge in [0.05, 0.1) is 11.0 Å². The lowest BCUT2D eigenvalue weighted by molar-refractivity contribution is -0.118. The molecule has 0 unspecified atom stereocenters. The molecule has 1 heterocycles. The molecule has 0 saturated heterocycles. The van der Waals surface area contributed by atoms with E-state index in [-0.39, 0.29) is 23.6 Å². The van der Waals surface area contributed by atoms with Gasteiger partial charge >= 0.3 is 5.69 Å². The highest BCUT2D eigenvalue weighted by Gasteiger charge is 2.19. The summed E-state index contributed by atoms with van der Waals surface area (Å²) in [6, 6.07) is 13.1. The average molecular weight is 367 g/mol. The molecule has 0 aliphatic rings. The van der Waals surface area contributed by atoms with Crippen molar-refractivity contribution >= 4 is 22.6 Å². The summed E-state index contributed by atoms with van der Waals surface area (Å²) in [5.74, 6) is 0.458. The van der Waals surface area contributed by atoms with Crippen LogP contribution >= 0.6 is 0 Å². The zero-order chi connectivity index (χ0) is 19.8. The number of hydrogen-bond donors (Lipinski definition) is 1. The number of hydrogen-bond acceptors (Lipinski definition) is 3. The second-order valence-electron chi connectivity index (χ2n) is 7.69. The van der Waals surface area contributed by atoms with E-state index in [0.717, 1.165) is 16.6 Å². The Morgan fingerprint density at radius 1 is 1.04 bits per heavy atom. The van der Waals surface area contributed by atoms with E-state index in [9.17, 15) is 9.59 Å². The molecule has 6 heteroatoms. The van der Waals surface area contributed by atoms with Gasteiger partial charge in [-0.05, 0) is 35.2 Å². The Kier molecular flexibility index (Phi) is 4.83. The Morgan fingerprint density at radius 3 is 2.41 bits per heavy atom. The van der Waals surface area contributed by atoms with E-state index in [1.54, 1.807) is 35.4 Å². The number of aromatic nitrogens is 2. The molecule has 0 aliphatic carbocycles. The minimum atomic E-state index is -0.251. The molecule has 3 aromatic rings. The molecule has 142 valence electrons. The summed E-state index contributed by atoms with van der Waals surface area (Å²) in [6.45, 7) is 6.23. The van der Waals surface area contributed by atoms with Gasteiger partial charge in [-0.2, -0.15) is 0 Å². The highest BCUT2D eigenvalue weighted by Crippen LogP contribution is 2.30. The van der Waals surface area contributed by atoms with Crippen LogP contribution in [0.1, 0.15) is 26.3 Å². The first-order valence-electron chi connectivity index (χ1n) is 8.86. The lowest BCUT2D eigenvalue weighted by atomic mass is 9.86. The fourth-order valence-corrected chi connectivity index (χ4v) is 3.14. The van der Waals surface area contributed by atoms with Gasteiger partial charge in [0.1, 0.15) is 5.75 Å². The van der Waals surface area contributed by atoms with Crippen molar-refractivity contribution in [3.05, 3.63) is 58.5 Å². The molecule has 0 bridgehead atoms. The van der Waals surface area contributed by atoms with Crippen molar-refractivity contribution in [3.63, 3.8) is 0 Å². The van der Waals surface area contributed by atoms with Crippen molar-refractivity contribution < 1.29 is 9.53 Å². The standard InChI is InChI=1S/C21H25N3O3/c1-21(2,3)15-8-6-7-9-18(15)27-13-19(25)22-14-10-11-16-17(12-14)24(5)20(26)23(16)4/h6-12H,13H2,1-5H3,(H,22,25). The molecule has 3 rings (SSSR count). The fourth-order valence-electron chi connectivity index (χ4n) is 3.14. The fraction of sp³-hybridized carbons (Fsp3) is 0.333. The number of aryl methyl sites for hydroxylation is 2. The first-order chi connectivity index (χ1) is 12.7. The molecule has 1 amide bonds. The summed E-state index contributed by atoms with van der Waals surface area (Å²) in [5.41, 5.74) is 3.08. The van der Waals surface area contributed by atoms with Crippen LogP contribution in [0.4, 0.5) is 5.69 Å². The van der Waals surface area contributed by atoms with Gasteiger partial charge in [0.2, 0.25) is 0 Å². The summed E-state index contributed by atoms with van der Waals surface area (Å²) < 4.78 is 8.89. The van der Waals surface area contributed by atoms with Crippen molar-refractivity contribution in [2.24, 2.45) is 14.1 Å². The number of imidazole rings is 1. The van der Waals surface area contributed by atoms with Crippen LogP contribution in [0.5, 0.6) is 5.75 Å². The maximum absolute atomic E-state index is 12.3. The zero-order valence-electron chi connectivity index (χ0n) is 16.4. The molecule has 27 heavy (non-hydrogen) atoms.